The molecule has 0 bridgehead atoms. The van der Waals surface area contributed by atoms with Crippen molar-refractivity contribution in [3.8, 4) is 0 Å². The predicted molar refractivity (Wildman–Crippen MR) is 21.6 cm³/mol. The topological polar surface area (TPSA) is 26.0 Å². The Morgan fingerprint density at radius 3 is 1.83 bits per heavy atom. The van der Waals surface area contributed by atoms with Gasteiger partial charge in [0.05, 0.1) is 0 Å². The Morgan fingerprint density at radius 2 is 1.83 bits per heavy atom. The van der Waals surface area contributed by atoms with Gasteiger partial charge >= 0.3 is 7.27 Å². The number of hydrogen-bond donors (Lipinski definition) is 1. The van der Waals surface area contributed by atoms with E-state index in [1.165, 1.54) is 6.92 Å². The normalized spacial score (nSPS) is 14.0. The molecule has 0 fully saturated rings. The molecule has 0 rings (SSSR count). The maximum atomic E-state index is 11.0. The summed E-state index contributed by atoms with van der Waals surface area (Å²) in [6, 6.07) is 0. The van der Waals surface area contributed by atoms with E-state index in [4.69, 9.17) is 0 Å². The van der Waals surface area contributed by atoms with E-state index < -0.39 is 13.2 Å². The Hall–Kier alpha value is -0.115. The molecule has 1 nitrogen and oxygen atoms in total. The first kappa shape index (κ1) is 5.88. The average Bonchev–Trinajstić information content (AvgIpc) is 1.36. The predicted octanol–water partition coefficient (Wildman–Crippen LogP) is 0.300. The smallest absolute Gasteiger partial charge is 0.329 e. The van der Waals surface area contributed by atoms with Crippen LogP contribution in [0.25, 0.3) is 0 Å². The molecule has 0 heterocycles. The molecule has 0 aromatic carbocycles. The van der Waals surface area contributed by atoms with Gasteiger partial charge in [0.2, 0.25) is 0 Å². The molecule has 0 saturated heterocycles. The Morgan fingerprint density at radius 1 is 1.67 bits per heavy atom. The Kier molecular flexibility index (Phi) is 2.09. The largest absolute Gasteiger partial charge is 0.554 e. The highest BCUT2D eigenvalue weighted by molar-refractivity contribution is 6.44. The van der Waals surface area contributed by atoms with Gasteiger partial charge in [0.15, 0.2) is 0 Å². The van der Waals surface area contributed by atoms with Gasteiger partial charge in [-0.15, -0.1) is 0 Å². The van der Waals surface area contributed by atoms with Gasteiger partial charge in [0.1, 0.15) is 0 Å². The second kappa shape index (κ2) is 2.13. The highest BCUT2D eigenvalue weighted by Gasteiger charge is 2.16. The standard InChI is InChI=1S/C2H6BF2N/c1-2(6)3(4)5/h2H,6H2,1H3. The fourth-order valence-corrected chi connectivity index (χ4v) is 0. The van der Waals surface area contributed by atoms with Gasteiger partial charge in [-0.2, -0.15) is 0 Å². The van der Waals surface area contributed by atoms with Crippen molar-refractivity contribution in [1.82, 2.24) is 0 Å². The van der Waals surface area contributed by atoms with Crippen LogP contribution in [0.4, 0.5) is 8.63 Å². The van der Waals surface area contributed by atoms with Gasteiger partial charge in [-0.1, -0.05) is 6.92 Å². The minimum atomic E-state index is -2.37. The minimum Gasteiger partial charge on any atom is -0.329 e. The van der Waals surface area contributed by atoms with Crippen LogP contribution in [0.3, 0.4) is 0 Å². The zero-order chi connectivity index (χ0) is 5.15. The SMILES string of the molecule is CC(N)B(F)F. The molecule has 0 aliphatic rings. The molecule has 2 N–H and O–H groups in total. The zero-order valence-electron chi connectivity index (χ0n) is 3.49. The summed E-state index contributed by atoms with van der Waals surface area (Å²) in [6.07, 6.45) is 0. The first-order valence-corrected chi connectivity index (χ1v) is 1.68. The first-order valence-electron chi connectivity index (χ1n) is 1.68. The summed E-state index contributed by atoms with van der Waals surface area (Å²) in [5, 5.41) is 0. The summed E-state index contributed by atoms with van der Waals surface area (Å²) in [4.78, 5) is 0. The molecule has 0 spiro atoms. The summed E-state index contributed by atoms with van der Waals surface area (Å²) in [6.45, 7) is 1.27. The lowest BCUT2D eigenvalue weighted by Crippen LogP contribution is -2.28. The number of hydrogen-bond acceptors (Lipinski definition) is 1. The third-order valence-electron chi connectivity index (χ3n) is 0.397. The lowest BCUT2D eigenvalue weighted by molar-refractivity contribution is 0.621. The summed E-state index contributed by atoms with van der Waals surface area (Å²) < 4.78 is 22.1. The third kappa shape index (κ3) is 2.14. The molecule has 0 radical (unpaired) electrons. The molecule has 0 aliphatic carbocycles. The van der Waals surface area contributed by atoms with Gasteiger partial charge in [0.25, 0.3) is 0 Å². The van der Waals surface area contributed by atoms with Crippen LogP contribution in [0, 0.1) is 0 Å². The average molecular weight is 92.9 g/mol. The van der Waals surface area contributed by atoms with Crippen molar-refractivity contribution in [2.75, 3.05) is 0 Å². The van der Waals surface area contributed by atoms with E-state index in [-0.39, 0.29) is 0 Å². The summed E-state index contributed by atoms with van der Waals surface area (Å²) >= 11 is 0. The van der Waals surface area contributed by atoms with Gasteiger partial charge in [-0.25, -0.2) is 0 Å². The summed E-state index contributed by atoms with van der Waals surface area (Å²) in [5.74, 6) is -0.981. The van der Waals surface area contributed by atoms with E-state index in [2.05, 4.69) is 5.73 Å². The molecule has 1 unspecified atom stereocenters. The van der Waals surface area contributed by atoms with E-state index in [9.17, 15) is 8.63 Å². The van der Waals surface area contributed by atoms with Crippen molar-refractivity contribution in [3.05, 3.63) is 0 Å². The van der Waals surface area contributed by atoms with Gasteiger partial charge in [-0.3, -0.25) is 8.63 Å². The van der Waals surface area contributed by atoms with Crippen molar-refractivity contribution < 1.29 is 8.63 Å². The Balaban J connectivity index is 2.99. The van der Waals surface area contributed by atoms with E-state index in [1.54, 1.807) is 0 Å². The van der Waals surface area contributed by atoms with Crippen LogP contribution in [0.1, 0.15) is 6.92 Å². The molecule has 0 aromatic heterocycles. The molecule has 0 aliphatic heterocycles. The molecule has 6 heavy (non-hydrogen) atoms. The second-order valence-corrected chi connectivity index (χ2v) is 1.19. The van der Waals surface area contributed by atoms with Crippen molar-refractivity contribution in [2.45, 2.75) is 12.9 Å². The van der Waals surface area contributed by atoms with Crippen LogP contribution in [0.15, 0.2) is 0 Å². The monoisotopic (exact) mass is 93.1 g/mol. The molecule has 4 heteroatoms. The highest BCUT2D eigenvalue weighted by atomic mass is 19.2. The molecular weight excluding hydrogens is 86.8 g/mol. The fraction of sp³-hybridized carbons (Fsp3) is 1.00. The van der Waals surface area contributed by atoms with Gasteiger partial charge in [0, 0.05) is 5.94 Å². The van der Waals surface area contributed by atoms with Crippen LogP contribution in [-0.4, -0.2) is 13.2 Å². The Bertz CT molecular complexity index is 32.5. The van der Waals surface area contributed by atoms with E-state index in [1.807, 2.05) is 0 Å². The van der Waals surface area contributed by atoms with Crippen molar-refractivity contribution in [2.24, 2.45) is 5.73 Å². The lowest BCUT2D eigenvalue weighted by atomic mass is 9.89. The quantitative estimate of drug-likeness (QED) is 0.463. The molecule has 1 atom stereocenters. The van der Waals surface area contributed by atoms with Crippen molar-refractivity contribution in [3.63, 3.8) is 0 Å². The van der Waals surface area contributed by atoms with Gasteiger partial charge < -0.3 is 5.73 Å². The second-order valence-electron chi connectivity index (χ2n) is 1.19. The van der Waals surface area contributed by atoms with Crippen molar-refractivity contribution >= 4 is 7.27 Å². The van der Waals surface area contributed by atoms with Crippen LogP contribution in [0.5, 0.6) is 0 Å². The van der Waals surface area contributed by atoms with Crippen LogP contribution < -0.4 is 5.73 Å². The van der Waals surface area contributed by atoms with Crippen LogP contribution in [0.2, 0.25) is 0 Å². The van der Waals surface area contributed by atoms with Crippen LogP contribution >= 0.6 is 0 Å². The minimum absolute atomic E-state index is 0.981. The van der Waals surface area contributed by atoms with Crippen LogP contribution in [-0.2, 0) is 0 Å². The Labute approximate surface area is 35.7 Å². The summed E-state index contributed by atoms with van der Waals surface area (Å²) in [5.41, 5.74) is 4.69. The molecule has 36 valence electrons. The maximum Gasteiger partial charge on any atom is 0.554 e. The number of nitrogens with two attached hydrogens (primary N) is 1. The molecule has 0 aromatic rings. The molecule has 0 amide bonds. The van der Waals surface area contributed by atoms with E-state index in [0.717, 1.165) is 0 Å². The molecule has 0 saturated carbocycles. The zero-order valence-corrected chi connectivity index (χ0v) is 3.49. The number of halogens is 2. The first-order chi connectivity index (χ1) is 2.64. The van der Waals surface area contributed by atoms with E-state index in [0.29, 0.717) is 0 Å². The maximum absolute atomic E-state index is 11.0. The highest BCUT2D eigenvalue weighted by Crippen LogP contribution is 1.87. The summed E-state index contributed by atoms with van der Waals surface area (Å²) in [7, 11) is -2.37. The molecular formula is C2H6BF2N. The van der Waals surface area contributed by atoms with E-state index >= 15 is 0 Å². The fourth-order valence-electron chi connectivity index (χ4n) is 0. The van der Waals surface area contributed by atoms with Crippen molar-refractivity contribution in [1.29, 1.82) is 0 Å². The number of rotatable bonds is 1. The third-order valence-corrected chi connectivity index (χ3v) is 0.397. The lowest BCUT2D eigenvalue weighted by Gasteiger charge is -1.92. The van der Waals surface area contributed by atoms with Gasteiger partial charge in [-0.05, 0) is 0 Å².